The number of aliphatic hydroxyl groups is 2. The predicted molar refractivity (Wildman–Crippen MR) is 90.4 cm³/mol. The third-order valence-electron chi connectivity index (χ3n) is 7.27. The van der Waals surface area contributed by atoms with Crippen LogP contribution in [-0.2, 0) is 0 Å². The van der Waals surface area contributed by atoms with Crippen molar-refractivity contribution in [3.8, 4) is 0 Å². The van der Waals surface area contributed by atoms with Crippen molar-refractivity contribution in [1.82, 2.24) is 0 Å². The van der Waals surface area contributed by atoms with Gasteiger partial charge >= 0.3 is 0 Å². The molecule has 3 aliphatic carbocycles. The van der Waals surface area contributed by atoms with Gasteiger partial charge in [-0.3, -0.25) is 0 Å². The van der Waals surface area contributed by atoms with Gasteiger partial charge < -0.3 is 10.2 Å². The molecule has 0 unspecified atom stereocenters. The maximum atomic E-state index is 11.1. The molecule has 0 aliphatic heterocycles. The van der Waals surface area contributed by atoms with Gasteiger partial charge in [-0.2, -0.15) is 0 Å². The van der Waals surface area contributed by atoms with Crippen LogP contribution in [-0.4, -0.2) is 21.9 Å². The first-order valence-corrected chi connectivity index (χ1v) is 9.27. The Labute approximate surface area is 136 Å². The Hall–Kier alpha value is -0.340. The van der Waals surface area contributed by atoms with Gasteiger partial charge in [0.15, 0.2) is 0 Å². The second-order valence-electron chi connectivity index (χ2n) is 9.34. The highest BCUT2D eigenvalue weighted by atomic mass is 16.3. The van der Waals surface area contributed by atoms with Gasteiger partial charge in [0.05, 0.1) is 11.7 Å². The second kappa shape index (κ2) is 5.34. The van der Waals surface area contributed by atoms with Crippen LogP contribution in [0.25, 0.3) is 0 Å². The molecule has 0 bridgehead atoms. The van der Waals surface area contributed by atoms with E-state index in [1.165, 1.54) is 12.8 Å². The molecule has 2 saturated carbocycles. The minimum atomic E-state index is -0.771. The lowest BCUT2D eigenvalue weighted by molar-refractivity contribution is -0.0695. The normalized spacial score (nSPS) is 54.4. The first kappa shape index (κ1) is 16.5. The fraction of sp³-hybridized carbons (Fsp3) is 0.900. The number of hydrogen-bond acceptors (Lipinski definition) is 2. The summed E-state index contributed by atoms with van der Waals surface area (Å²) < 4.78 is 0. The minimum Gasteiger partial charge on any atom is -0.393 e. The molecule has 2 N–H and O–H groups in total. The summed E-state index contributed by atoms with van der Waals surface area (Å²) in [7, 11) is 0. The standard InChI is InChI=1S/C20H34O2/c1-12(2)14-6-8-19(4)11-15-13(3)10-17(21)18(15)20(5,22)9-7-16(14)19/h7,12-15,17-18,21-22H,6,8-11H2,1-5H3/b16-7-/t13-,14-,15-,17-,18+,19-,20+/m1/s1. The van der Waals surface area contributed by atoms with Crippen LogP contribution in [0.1, 0.15) is 66.7 Å². The summed E-state index contributed by atoms with van der Waals surface area (Å²) in [6.07, 6.45) is 7.27. The molecule has 0 aromatic heterocycles. The molecular formula is C20H34O2. The van der Waals surface area contributed by atoms with Gasteiger partial charge in [-0.1, -0.05) is 39.3 Å². The first-order valence-electron chi connectivity index (χ1n) is 9.27. The van der Waals surface area contributed by atoms with E-state index in [-0.39, 0.29) is 17.4 Å². The Kier molecular flexibility index (Phi) is 4.01. The van der Waals surface area contributed by atoms with Crippen molar-refractivity contribution < 1.29 is 10.2 Å². The zero-order chi connectivity index (χ0) is 16.3. The average Bonchev–Trinajstić information content (AvgIpc) is 2.84. The first-order chi connectivity index (χ1) is 10.2. The summed E-state index contributed by atoms with van der Waals surface area (Å²) in [4.78, 5) is 0. The Morgan fingerprint density at radius 3 is 2.59 bits per heavy atom. The average molecular weight is 306 g/mol. The Balaban J connectivity index is 2.01. The highest BCUT2D eigenvalue weighted by molar-refractivity contribution is 5.25. The van der Waals surface area contributed by atoms with Gasteiger partial charge in [0, 0.05) is 5.92 Å². The molecule has 3 aliphatic rings. The number of fused-ring (bicyclic) bond motifs is 2. The molecule has 0 aromatic rings. The summed E-state index contributed by atoms with van der Waals surface area (Å²) in [5.74, 6) is 2.36. The lowest BCUT2D eigenvalue weighted by Crippen LogP contribution is -2.45. The summed E-state index contributed by atoms with van der Waals surface area (Å²) in [5, 5.41) is 21.6. The fourth-order valence-electron chi connectivity index (χ4n) is 6.05. The minimum absolute atomic E-state index is 0.0372. The molecule has 0 aromatic carbocycles. The van der Waals surface area contributed by atoms with Crippen LogP contribution >= 0.6 is 0 Å². The van der Waals surface area contributed by atoms with E-state index < -0.39 is 5.60 Å². The monoisotopic (exact) mass is 306 g/mol. The highest BCUT2D eigenvalue weighted by Crippen LogP contribution is 2.58. The molecule has 2 heteroatoms. The van der Waals surface area contributed by atoms with E-state index in [1.807, 2.05) is 6.92 Å². The zero-order valence-corrected chi connectivity index (χ0v) is 15.0. The molecule has 0 heterocycles. The molecule has 3 rings (SSSR count). The number of rotatable bonds is 1. The molecule has 22 heavy (non-hydrogen) atoms. The molecular weight excluding hydrogens is 272 g/mol. The SMILES string of the molecule is CC(C)[C@H]1CC[C@]2(C)C[C@H]3[C@@H]([C@H](O)C[C@H]3C)[C@@](C)(O)C/C=C/12. The van der Waals surface area contributed by atoms with Gasteiger partial charge in [-0.25, -0.2) is 0 Å². The molecule has 2 fully saturated rings. The van der Waals surface area contributed by atoms with Crippen molar-refractivity contribution in [3.05, 3.63) is 11.6 Å². The number of aliphatic hydroxyl groups excluding tert-OH is 1. The molecule has 0 radical (unpaired) electrons. The van der Waals surface area contributed by atoms with Gasteiger partial charge in [-0.15, -0.1) is 0 Å². The molecule has 0 spiro atoms. The second-order valence-corrected chi connectivity index (χ2v) is 9.34. The van der Waals surface area contributed by atoms with Gasteiger partial charge in [0.1, 0.15) is 0 Å². The lowest BCUT2D eigenvalue weighted by atomic mass is 9.64. The van der Waals surface area contributed by atoms with E-state index in [9.17, 15) is 10.2 Å². The maximum absolute atomic E-state index is 11.1. The van der Waals surface area contributed by atoms with Crippen LogP contribution in [0.4, 0.5) is 0 Å². The van der Waals surface area contributed by atoms with Crippen molar-refractivity contribution in [2.24, 2.45) is 35.0 Å². The topological polar surface area (TPSA) is 40.5 Å². The predicted octanol–water partition coefficient (Wildman–Crippen LogP) is 4.16. The van der Waals surface area contributed by atoms with Crippen LogP contribution in [0.15, 0.2) is 11.6 Å². The van der Waals surface area contributed by atoms with E-state index in [4.69, 9.17) is 0 Å². The third kappa shape index (κ3) is 2.47. The van der Waals surface area contributed by atoms with Gasteiger partial charge in [0.2, 0.25) is 0 Å². The van der Waals surface area contributed by atoms with Crippen molar-refractivity contribution in [2.45, 2.75) is 78.4 Å². The smallest absolute Gasteiger partial charge is 0.0709 e. The summed E-state index contributed by atoms with van der Waals surface area (Å²) in [6, 6.07) is 0. The van der Waals surface area contributed by atoms with Crippen molar-refractivity contribution in [1.29, 1.82) is 0 Å². The van der Waals surface area contributed by atoms with E-state index in [0.29, 0.717) is 30.1 Å². The molecule has 0 amide bonds. The van der Waals surface area contributed by atoms with Crippen LogP contribution in [0.3, 0.4) is 0 Å². The fourth-order valence-corrected chi connectivity index (χ4v) is 6.05. The molecule has 7 atom stereocenters. The van der Waals surface area contributed by atoms with Crippen LogP contribution in [0.5, 0.6) is 0 Å². The maximum Gasteiger partial charge on any atom is 0.0709 e. The van der Waals surface area contributed by atoms with E-state index >= 15 is 0 Å². The summed E-state index contributed by atoms with van der Waals surface area (Å²) in [5.41, 5.74) is 1.12. The van der Waals surface area contributed by atoms with Crippen molar-refractivity contribution >= 4 is 0 Å². The van der Waals surface area contributed by atoms with E-state index in [0.717, 1.165) is 12.8 Å². The highest BCUT2D eigenvalue weighted by Gasteiger charge is 2.54. The van der Waals surface area contributed by atoms with Gasteiger partial charge in [0.25, 0.3) is 0 Å². The van der Waals surface area contributed by atoms with E-state index in [1.54, 1.807) is 5.57 Å². The van der Waals surface area contributed by atoms with Crippen LogP contribution in [0, 0.1) is 35.0 Å². The largest absolute Gasteiger partial charge is 0.393 e. The van der Waals surface area contributed by atoms with Crippen LogP contribution in [0.2, 0.25) is 0 Å². The number of allylic oxidation sites excluding steroid dienone is 1. The van der Waals surface area contributed by atoms with Crippen molar-refractivity contribution in [2.75, 3.05) is 0 Å². The zero-order valence-electron chi connectivity index (χ0n) is 15.0. The molecule has 0 saturated heterocycles. The van der Waals surface area contributed by atoms with Gasteiger partial charge in [-0.05, 0) is 68.1 Å². The summed E-state index contributed by atoms with van der Waals surface area (Å²) >= 11 is 0. The quantitative estimate of drug-likeness (QED) is 0.714. The van der Waals surface area contributed by atoms with E-state index in [2.05, 4.69) is 33.8 Å². The lowest BCUT2D eigenvalue weighted by Gasteiger charge is -2.43. The Morgan fingerprint density at radius 1 is 1.27 bits per heavy atom. The van der Waals surface area contributed by atoms with Crippen LogP contribution < -0.4 is 0 Å². The van der Waals surface area contributed by atoms with Crippen molar-refractivity contribution in [3.63, 3.8) is 0 Å². The molecule has 126 valence electrons. The third-order valence-corrected chi connectivity index (χ3v) is 7.27. The Morgan fingerprint density at radius 2 is 1.95 bits per heavy atom. The number of hydrogen-bond donors (Lipinski definition) is 2. The molecule has 2 nitrogen and oxygen atoms in total. The Bertz CT molecular complexity index is 464. The summed E-state index contributed by atoms with van der Waals surface area (Å²) in [6.45, 7) is 11.3.